The van der Waals surface area contributed by atoms with Crippen molar-refractivity contribution < 1.29 is 14.7 Å². The highest BCUT2D eigenvalue weighted by atomic mass is 16.3. The maximum absolute atomic E-state index is 12.4. The number of amides is 2. The molecule has 0 radical (unpaired) electrons. The number of benzene rings is 2. The van der Waals surface area contributed by atoms with E-state index in [1.807, 2.05) is 19.1 Å². The second-order valence-electron chi connectivity index (χ2n) is 7.12. The first-order valence-electron chi connectivity index (χ1n) is 9.61. The van der Waals surface area contributed by atoms with Crippen molar-refractivity contribution in [2.75, 3.05) is 5.32 Å². The molecule has 1 heterocycles. The van der Waals surface area contributed by atoms with E-state index in [1.54, 1.807) is 49.5 Å². The summed E-state index contributed by atoms with van der Waals surface area (Å²) in [6.45, 7) is 3.58. The molecule has 0 saturated carbocycles. The Kier molecular flexibility index (Phi) is 6.36. The Bertz CT molecular complexity index is 1100. The fourth-order valence-corrected chi connectivity index (χ4v) is 3.12. The number of phenolic OH excluding ortho intramolecular Hbond substituents is 1. The van der Waals surface area contributed by atoms with Crippen LogP contribution in [0.1, 0.15) is 24.6 Å². The number of aromatic amines is 1. The number of hydrogen-bond donors (Lipinski definition) is 4. The molecule has 8 heteroatoms. The zero-order valence-corrected chi connectivity index (χ0v) is 16.8. The lowest BCUT2D eigenvalue weighted by atomic mass is 10.1. The Morgan fingerprint density at radius 2 is 1.80 bits per heavy atom. The van der Waals surface area contributed by atoms with Crippen molar-refractivity contribution in [2.24, 2.45) is 0 Å². The number of H-pyrrole nitrogens is 1. The third-order valence-corrected chi connectivity index (χ3v) is 4.74. The molecule has 1 aromatic heterocycles. The second kappa shape index (κ2) is 9.13. The summed E-state index contributed by atoms with van der Waals surface area (Å²) in [5.74, 6) is -1.35. The number of aromatic hydroxyl groups is 1. The molecule has 2 amide bonds. The van der Waals surface area contributed by atoms with Gasteiger partial charge in [0.25, 0.3) is 0 Å². The van der Waals surface area contributed by atoms with Crippen molar-refractivity contribution in [3.05, 3.63) is 76.5 Å². The van der Waals surface area contributed by atoms with E-state index in [2.05, 4.69) is 15.6 Å². The van der Waals surface area contributed by atoms with Crippen LogP contribution in [0.15, 0.2) is 59.5 Å². The molecular weight excluding hydrogens is 384 g/mol. The van der Waals surface area contributed by atoms with E-state index in [1.165, 1.54) is 4.57 Å². The zero-order valence-electron chi connectivity index (χ0n) is 16.8. The van der Waals surface area contributed by atoms with Crippen LogP contribution in [0, 0.1) is 6.92 Å². The van der Waals surface area contributed by atoms with E-state index in [4.69, 9.17) is 0 Å². The number of imidazole rings is 1. The third kappa shape index (κ3) is 4.96. The van der Waals surface area contributed by atoms with Gasteiger partial charge in [0.15, 0.2) is 0 Å². The van der Waals surface area contributed by atoms with E-state index >= 15 is 0 Å². The van der Waals surface area contributed by atoms with Crippen LogP contribution < -0.4 is 16.3 Å². The first kappa shape index (κ1) is 20.9. The van der Waals surface area contributed by atoms with Gasteiger partial charge in [-0.1, -0.05) is 24.3 Å². The number of para-hydroxylation sites is 2. The topological polar surface area (TPSA) is 116 Å². The highest BCUT2D eigenvalue weighted by Gasteiger charge is 2.19. The number of aryl methyl sites for hydroxylation is 2. The van der Waals surface area contributed by atoms with Gasteiger partial charge < -0.3 is 20.7 Å². The van der Waals surface area contributed by atoms with Gasteiger partial charge in [0.2, 0.25) is 0 Å². The van der Waals surface area contributed by atoms with Gasteiger partial charge in [-0.15, -0.1) is 0 Å². The number of phenols is 1. The molecule has 156 valence electrons. The predicted molar refractivity (Wildman–Crippen MR) is 114 cm³/mol. The second-order valence-corrected chi connectivity index (χ2v) is 7.12. The standard InChI is InChI=1S/C22H24N4O4/c1-14(7-8-16-9-11-17(27)12-10-16)24-20(28)21(29)25-18-5-3-4-6-19(18)26-15(2)13-23-22(26)30/h3-6,9-14,27H,7-8H2,1-2H3,(H,23,30)(H,24,28)(H,25,29). The molecule has 30 heavy (non-hydrogen) atoms. The van der Waals surface area contributed by atoms with Gasteiger partial charge in [0, 0.05) is 17.9 Å². The van der Waals surface area contributed by atoms with Crippen molar-refractivity contribution in [3.63, 3.8) is 0 Å². The summed E-state index contributed by atoms with van der Waals surface area (Å²) in [5.41, 5.74) is 2.21. The van der Waals surface area contributed by atoms with Crippen molar-refractivity contribution in [2.45, 2.75) is 32.7 Å². The minimum Gasteiger partial charge on any atom is -0.508 e. The number of nitrogens with one attached hydrogen (secondary N) is 3. The molecule has 1 atom stereocenters. The third-order valence-electron chi connectivity index (χ3n) is 4.74. The molecule has 0 bridgehead atoms. The van der Waals surface area contributed by atoms with Crippen molar-refractivity contribution in [3.8, 4) is 11.4 Å². The Labute approximate surface area is 173 Å². The van der Waals surface area contributed by atoms with Gasteiger partial charge in [-0.05, 0) is 56.5 Å². The summed E-state index contributed by atoms with van der Waals surface area (Å²) in [6.07, 6.45) is 2.91. The summed E-state index contributed by atoms with van der Waals surface area (Å²) in [5, 5.41) is 14.6. The van der Waals surface area contributed by atoms with E-state index in [0.29, 0.717) is 29.9 Å². The number of rotatable bonds is 6. The van der Waals surface area contributed by atoms with E-state index in [0.717, 1.165) is 5.56 Å². The largest absolute Gasteiger partial charge is 0.508 e. The number of carbonyl (C=O) groups excluding carboxylic acids is 2. The van der Waals surface area contributed by atoms with Gasteiger partial charge in [-0.2, -0.15) is 0 Å². The lowest BCUT2D eigenvalue weighted by Gasteiger charge is -2.15. The number of carbonyl (C=O) groups is 2. The summed E-state index contributed by atoms with van der Waals surface area (Å²) < 4.78 is 1.42. The van der Waals surface area contributed by atoms with E-state index in [-0.39, 0.29) is 17.5 Å². The Balaban J connectivity index is 1.61. The normalized spacial score (nSPS) is 11.7. The molecule has 4 N–H and O–H groups in total. The Hall–Kier alpha value is -3.81. The van der Waals surface area contributed by atoms with Crippen LogP contribution in [0.5, 0.6) is 5.75 Å². The van der Waals surface area contributed by atoms with Gasteiger partial charge in [-0.25, -0.2) is 4.79 Å². The lowest BCUT2D eigenvalue weighted by Crippen LogP contribution is -2.40. The molecule has 0 saturated heterocycles. The van der Waals surface area contributed by atoms with Gasteiger partial charge in [-0.3, -0.25) is 14.2 Å². The maximum Gasteiger partial charge on any atom is 0.330 e. The average molecular weight is 408 g/mol. The van der Waals surface area contributed by atoms with Crippen LogP contribution in [-0.4, -0.2) is 32.5 Å². The molecule has 1 unspecified atom stereocenters. The Morgan fingerprint density at radius 3 is 2.47 bits per heavy atom. The SMILES string of the molecule is Cc1c[nH]c(=O)n1-c1ccccc1NC(=O)C(=O)NC(C)CCc1ccc(O)cc1. The van der Waals surface area contributed by atoms with Gasteiger partial charge in [0.05, 0.1) is 11.4 Å². The molecule has 8 nitrogen and oxygen atoms in total. The van der Waals surface area contributed by atoms with Gasteiger partial charge >= 0.3 is 17.5 Å². The monoisotopic (exact) mass is 408 g/mol. The number of aromatic nitrogens is 2. The minimum atomic E-state index is -0.805. The van der Waals surface area contributed by atoms with E-state index < -0.39 is 11.8 Å². The molecule has 0 aliphatic heterocycles. The lowest BCUT2D eigenvalue weighted by molar-refractivity contribution is -0.136. The highest BCUT2D eigenvalue weighted by molar-refractivity contribution is 6.39. The van der Waals surface area contributed by atoms with Gasteiger partial charge in [0.1, 0.15) is 5.75 Å². The summed E-state index contributed by atoms with van der Waals surface area (Å²) in [4.78, 5) is 39.4. The summed E-state index contributed by atoms with van der Waals surface area (Å²) in [6, 6.07) is 13.4. The predicted octanol–water partition coefficient (Wildman–Crippen LogP) is 2.26. The molecule has 0 spiro atoms. The number of nitrogens with zero attached hydrogens (tertiary/aromatic N) is 1. The molecule has 0 aliphatic carbocycles. The Morgan fingerprint density at radius 1 is 1.10 bits per heavy atom. The van der Waals surface area contributed by atoms with Crippen LogP contribution in [0.3, 0.4) is 0 Å². The van der Waals surface area contributed by atoms with E-state index in [9.17, 15) is 19.5 Å². The maximum atomic E-state index is 12.4. The molecule has 2 aromatic carbocycles. The fourth-order valence-electron chi connectivity index (χ4n) is 3.12. The van der Waals surface area contributed by atoms with Crippen LogP contribution in [-0.2, 0) is 16.0 Å². The van der Waals surface area contributed by atoms with Crippen LogP contribution in [0.4, 0.5) is 5.69 Å². The number of anilines is 1. The zero-order chi connectivity index (χ0) is 21.7. The van der Waals surface area contributed by atoms with Crippen LogP contribution in [0.2, 0.25) is 0 Å². The first-order valence-corrected chi connectivity index (χ1v) is 9.61. The van der Waals surface area contributed by atoms with Crippen molar-refractivity contribution in [1.29, 1.82) is 0 Å². The molecule has 3 rings (SSSR count). The number of hydrogen-bond acceptors (Lipinski definition) is 4. The molecule has 3 aromatic rings. The summed E-state index contributed by atoms with van der Waals surface area (Å²) in [7, 11) is 0. The molecule has 0 aliphatic rings. The average Bonchev–Trinajstić information content (AvgIpc) is 3.06. The minimum absolute atomic E-state index is 0.203. The summed E-state index contributed by atoms with van der Waals surface area (Å²) >= 11 is 0. The van der Waals surface area contributed by atoms with Crippen molar-refractivity contribution >= 4 is 17.5 Å². The smallest absolute Gasteiger partial charge is 0.330 e. The fraction of sp³-hybridized carbons (Fsp3) is 0.227. The highest BCUT2D eigenvalue weighted by Crippen LogP contribution is 2.20. The quantitative estimate of drug-likeness (QED) is 0.468. The van der Waals surface area contributed by atoms with Crippen LogP contribution in [0.25, 0.3) is 5.69 Å². The molecule has 0 fully saturated rings. The molecular formula is C22H24N4O4. The van der Waals surface area contributed by atoms with Crippen LogP contribution >= 0.6 is 0 Å². The first-order chi connectivity index (χ1) is 14.3. The van der Waals surface area contributed by atoms with Crippen molar-refractivity contribution in [1.82, 2.24) is 14.9 Å².